The van der Waals surface area contributed by atoms with Crippen LogP contribution in [0.1, 0.15) is 26.3 Å². The molecule has 0 aromatic heterocycles. The summed E-state index contributed by atoms with van der Waals surface area (Å²) in [6.45, 7) is 5.08. The van der Waals surface area contributed by atoms with Crippen LogP contribution in [-0.2, 0) is 4.74 Å². The van der Waals surface area contributed by atoms with Crippen molar-refractivity contribution in [2.75, 3.05) is 36.1 Å². The molecule has 5 heteroatoms. The Balaban J connectivity index is 1.68. The van der Waals surface area contributed by atoms with Gasteiger partial charge < -0.3 is 9.64 Å². The zero-order valence-corrected chi connectivity index (χ0v) is 13.5. The zero-order valence-electron chi connectivity index (χ0n) is 13.5. The maximum Gasteiger partial charge on any atom is 0.266 e. The fourth-order valence-electron chi connectivity index (χ4n) is 3.32. The quantitative estimate of drug-likeness (QED) is 0.798. The molecule has 0 N–H and O–H groups in total. The summed E-state index contributed by atoms with van der Waals surface area (Å²) < 4.78 is 5.38. The number of ether oxygens (including phenoxy) is 1. The molecule has 0 bridgehead atoms. The minimum absolute atomic E-state index is 0.252. The van der Waals surface area contributed by atoms with E-state index in [0.29, 0.717) is 16.8 Å². The lowest BCUT2D eigenvalue weighted by Crippen LogP contribution is -2.36. The second-order valence-electron chi connectivity index (χ2n) is 6.06. The van der Waals surface area contributed by atoms with E-state index in [9.17, 15) is 9.59 Å². The highest BCUT2D eigenvalue weighted by atomic mass is 16.5. The molecule has 5 nitrogen and oxygen atoms in total. The average Bonchev–Trinajstić information content (AvgIpc) is 2.87. The smallest absolute Gasteiger partial charge is 0.266 e. The van der Waals surface area contributed by atoms with Crippen LogP contribution in [0.2, 0.25) is 0 Å². The number of hydrogen-bond acceptors (Lipinski definition) is 4. The van der Waals surface area contributed by atoms with Crippen molar-refractivity contribution in [1.82, 2.24) is 0 Å². The molecule has 2 amide bonds. The molecule has 1 fully saturated rings. The third-order valence-corrected chi connectivity index (χ3v) is 4.59. The van der Waals surface area contributed by atoms with E-state index in [0.717, 1.165) is 37.6 Å². The molecule has 2 aliphatic heterocycles. The molecule has 0 unspecified atom stereocenters. The van der Waals surface area contributed by atoms with Crippen LogP contribution in [0.3, 0.4) is 0 Å². The van der Waals surface area contributed by atoms with Crippen molar-refractivity contribution in [3.8, 4) is 0 Å². The first-order chi connectivity index (χ1) is 11.7. The van der Waals surface area contributed by atoms with Crippen molar-refractivity contribution in [3.63, 3.8) is 0 Å². The topological polar surface area (TPSA) is 49.9 Å². The van der Waals surface area contributed by atoms with Crippen molar-refractivity contribution in [2.24, 2.45) is 0 Å². The molecule has 4 rings (SSSR count). The van der Waals surface area contributed by atoms with Gasteiger partial charge in [-0.3, -0.25) is 9.59 Å². The number of morpholine rings is 1. The lowest BCUT2D eigenvalue weighted by molar-refractivity contribution is 0.0926. The summed E-state index contributed by atoms with van der Waals surface area (Å²) in [5.41, 5.74) is 3.60. The lowest BCUT2D eigenvalue weighted by Gasteiger charge is -2.29. The maximum atomic E-state index is 12.6. The van der Waals surface area contributed by atoms with Crippen LogP contribution in [0.4, 0.5) is 11.4 Å². The van der Waals surface area contributed by atoms with Crippen molar-refractivity contribution in [2.45, 2.75) is 6.92 Å². The van der Waals surface area contributed by atoms with Gasteiger partial charge in [-0.25, -0.2) is 4.90 Å². The first kappa shape index (κ1) is 14.9. The Kier molecular flexibility index (Phi) is 3.58. The number of fused-ring (bicyclic) bond motifs is 1. The molecule has 24 heavy (non-hydrogen) atoms. The van der Waals surface area contributed by atoms with Gasteiger partial charge in [0.05, 0.1) is 30.0 Å². The highest BCUT2D eigenvalue weighted by Crippen LogP contribution is 2.32. The average molecular weight is 322 g/mol. The van der Waals surface area contributed by atoms with E-state index in [4.69, 9.17) is 4.74 Å². The molecule has 0 saturated carbocycles. The van der Waals surface area contributed by atoms with E-state index >= 15 is 0 Å². The zero-order chi connectivity index (χ0) is 16.7. The van der Waals surface area contributed by atoms with Gasteiger partial charge in [0.15, 0.2) is 0 Å². The molecule has 2 aliphatic rings. The number of carbonyl (C=O) groups is 2. The molecular formula is C19H18N2O3. The molecule has 0 aliphatic carbocycles. The van der Waals surface area contributed by atoms with Gasteiger partial charge >= 0.3 is 0 Å². The van der Waals surface area contributed by atoms with Gasteiger partial charge in [-0.2, -0.15) is 0 Å². The highest BCUT2D eigenvalue weighted by Gasteiger charge is 2.36. The SMILES string of the molecule is Cc1cc(N2CCOCC2)ccc1N1C(=O)c2ccccc2C1=O. The first-order valence-corrected chi connectivity index (χ1v) is 8.08. The van der Waals surface area contributed by atoms with Crippen LogP contribution in [0, 0.1) is 6.92 Å². The van der Waals surface area contributed by atoms with Crippen LogP contribution in [-0.4, -0.2) is 38.1 Å². The Morgan fingerprint density at radius 1 is 0.917 bits per heavy atom. The Labute approximate surface area is 140 Å². The van der Waals surface area contributed by atoms with E-state index < -0.39 is 0 Å². The maximum absolute atomic E-state index is 12.6. The predicted molar refractivity (Wildman–Crippen MR) is 91.8 cm³/mol. The number of amides is 2. The van der Waals surface area contributed by atoms with Crippen LogP contribution in [0.25, 0.3) is 0 Å². The highest BCUT2D eigenvalue weighted by molar-refractivity contribution is 6.34. The number of carbonyl (C=O) groups excluding carboxylic acids is 2. The van der Waals surface area contributed by atoms with Crippen molar-refractivity contribution >= 4 is 23.2 Å². The number of anilines is 2. The van der Waals surface area contributed by atoms with Gasteiger partial charge in [0.1, 0.15) is 0 Å². The van der Waals surface area contributed by atoms with Crippen LogP contribution in [0.5, 0.6) is 0 Å². The van der Waals surface area contributed by atoms with Crippen molar-refractivity contribution < 1.29 is 14.3 Å². The number of nitrogens with zero attached hydrogens (tertiary/aromatic N) is 2. The third-order valence-electron chi connectivity index (χ3n) is 4.59. The second kappa shape index (κ2) is 5.76. The van der Waals surface area contributed by atoms with Crippen LogP contribution >= 0.6 is 0 Å². The van der Waals surface area contributed by atoms with Crippen molar-refractivity contribution in [3.05, 3.63) is 59.2 Å². The van der Waals surface area contributed by atoms with Gasteiger partial charge in [0.25, 0.3) is 11.8 Å². The Bertz CT molecular complexity index is 790. The summed E-state index contributed by atoms with van der Waals surface area (Å²) >= 11 is 0. The first-order valence-electron chi connectivity index (χ1n) is 8.08. The predicted octanol–water partition coefficient (Wildman–Crippen LogP) is 2.63. The molecular weight excluding hydrogens is 304 g/mol. The second-order valence-corrected chi connectivity index (χ2v) is 6.06. The molecule has 2 aromatic carbocycles. The Morgan fingerprint density at radius 2 is 1.54 bits per heavy atom. The van der Waals surface area contributed by atoms with Gasteiger partial charge in [-0.1, -0.05) is 12.1 Å². The summed E-state index contributed by atoms with van der Waals surface area (Å²) in [5.74, 6) is -0.504. The fraction of sp³-hybridized carbons (Fsp3) is 0.263. The summed E-state index contributed by atoms with van der Waals surface area (Å²) in [4.78, 5) is 28.8. The Hall–Kier alpha value is -2.66. The normalized spacial score (nSPS) is 17.4. The lowest BCUT2D eigenvalue weighted by atomic mass is 10.1. The molecule has 2 heterocycles. The minimum atomic E-state index is -0.252. The van der Waals surface area contributed by atoms with E-state index in [1.165, 1.54) is 4.90 Å². The van der Waals surface area contributed by atoms with Crippen LogP contribution in [0.15, 0.2) is 42.5 Å². The molecule has 0 spiro atoms. The molecule has 0 atom stereocenters. The van der Waals surface area contributed by atoms with E-state index in [1.807, 2.05) is 25.1 Å². The van der Waals surface area contributed by atoms with Gasteiger partial charge in [0.2, 0.25) is 0 Å². The summed E-state index contributed by atoms with van der Waals surface area (Å²) in [6, 6.07) is 12.8. The van der Waals surface area contributed by atoms with Crippen molar-refractivity contribution in [1.29, 1.82) is 0 Å². The number of rotatable bonds is 2. The molecule has 1 saturated heterocycles. The van der Waals surface area contributed by atoms with Gasteiger partial charge in [-0.05, 0) is 42.8 Å². The van der Waals surface area contributed by atoms with E-state index in [1.54, 1.807) is 24.3 Å². The number of imide groups is 1. The number of benzene rings is 2. The standard InChI is InChI=1S/C19H18N2O3/c1-13-12-14(20-8-10-24-11-9-20)6-7-17(13)21-18(22)15-4-2-3-5-16(15)19(21)23/h2-7,12H,8-11H2,1H3. The van der Waals surface area contributed by atoms with Crippen LogP contribution < -0.4 is 9.80 Å². The number of hydrogen-bond donors (Lipinski definition) is 0. The molecule has 122 valence electrons. The largest absolute Gasteiger partial charge is 0.378 e. The molecule has 0 radical (unpaired) electrons. The summed E-state index contributed by atoms with van der Waals surface area (Å²) in [6.07, 6.45) is 0. The van der Waals surface area contributed by atoms with E-state index in [2.05, 4.69) is 4.90 Å². The molecule has 2 aromatic rings. The van der Waals surface area contributed by atoms with Gasteiger partial charge in [0, 0.05) is 18.8 Å². The minimum Gasteiger partial charge on any atom is -0.378 e. The Morgan fingerprint density at radius 3 is 2.12 bits per heavy atom. The summed E-state index contributed by atoms with van der Waals surface area (Å²) in [7, 11) is 0. The number of aryl methyl sites for hydroxylation is 1. The monoisotopic (exact) mass is 322 g/mol. The fourth-order valence-corrected chi connectivity index (χ4v) is 3.32. The summed E-state index contributed by atoms with van der Waals surface area (Å²) in [5, 5.41) is 0. The van der Waals surface area contributed by atoms with Gasteiger partial charge in [-0.15, -0.1) is 0 Å². The third kappa shape index (κ3) is 2.29. The van der Waals surface area contributed by atoms with E-state index in [-0.39, 0.29) is 11.8 Å².